The normalized spacial score (nSPS) is 22.4. The first-order valence-corrected chi connectivity index (χ1v) is 10.4. The minimum absolute atomic E-state index is 0. The number of carbonyl (C=O) groups excluding carboxylic acids is 1. The standard InChI is InChI=1S/C19H26N4O2S.ClH/c1-11-3-4-13-14(9-11)26-19-17(13)18(25)21-15(22-19)5-6-16(24)23-8-7-20-10-12(23)2;/h11-12,20H,3-10H2,1-2H3,(H,21,22,25);1H/t11?,12-;/m0./s1. The Morgan fingerprint density at radius 2 is 2.19 bits per heavy atom. The lowest BCUT2D eigenvalue weighted by molar-refractivity contribution is -0.133. The van der Waals surface area contributed by atoms with Gasteiger partial charge in [-0.3, -0.25) is 9.59 Å². The van der Waals surface area contributed by atoms with Crippen molar-refractivity contribution < 1.29 is 4.79 Å². The molecule has 0 saturated carbocycles. The highest BCUT2D eigenvalue weighted by Gasteiger charge is 2.24. The van der Waals surface area contributed by atoms with Crippen molar-refractivity contribution in [2.75, 3.05) is 19.6 Å². The number of hydrogen-bond donors (Lipinski definition) is 2. The van der Waals surface area contributed by atoms with Crippen LogP contribution in [0.1, 0.15) is 43.0 Å². The van der Waals surface area contributed by atoms with Gasteiger partial charge in [-0.15, -0.1) is 23.7 Å². The Morgan fingerprint density at radius 1 is 1.37 bits per heavy atom. The third-order valence-electron chi connectivity index (χ3n) is 5.61. The van der Waals surface area contributed by atoms with Crippen LogP contribution in [0.15, 0.2) is 4.79 Å². The molecule has 0 bridgehead atoms. The van der Waals surface area contributed by atoms with Gasteiger partial charge in [0.15, 0.2) is 0 Å². The van der Waals surface area contributed by atoms with Gasteiger partial charge in [-0.2, -0.15) is 0 Å². The number of nitrogens with one attached hydrogen (secondary N) is 2. The summed E-state index contributed by atoms with van der Waals surface area (Å²) in [5.41, 5.74) is 1.16. The molecule has 148 valence electrons. The highest BCUT2D eigenvalue weighted by Crippen LogP contribution is 2.35. The van der Waals surface area contributed by atoms with Crippen LogP contribution in [0.4, 0.5) is 0 Å². The molecule has 8 heteroatoms. The zero-order valence-corrected chi connectivity index (χ0v) is 17.5. The number of piperazine rings is 1. The fourth-order valence-corrected chi connectivity index (χ4v) is 5.49. The van der Waals surface area contributed by atoms with Crippen molar-refractivity contribution in [3.8, 4) is 0 Å². The van der Waals surface area contributed by atoms with Crippen molar-refractivity contribution in [2.24, 2.45) is 5.92 Å². The average Bonchev–Trinajstić information content (AvgIpc) is 2.97. The Labute approximate surface area is 169 Å². The van der Waals surface area contributed by atoms with Gasteiger partial charge in [0.05, 0.1) is 5.39 Å². The summed E-state index contributed by atoms with van der Waals surface area (Å²) in [6.45, 7) is 6.76. The van der Waals surface area contributed by atoms with E-state index in [2.05, 4.69) is 29.1 Å². The smallest absolute Gasteiger partial charge is 0.259 e. The number of hydrogen-bond acceptors (Lipinski definition) is 5. The van der Waals surface area contributed by atoms with E-state index in [4.69, 9.17) is 0 Å². The fourth-order valence-electron chi connectivity index (χ4n) is 4.09. The predicted molar refractivity (Wildman–Crippen MR) is 111 cm³/mol. The molecule has 1 unspecified atom stereocenters. The Balaban J connectivity index is 0.00000210. The molecule has 0 spiro atoms. The maximum Gasteiger partial charge on any atom is 0.259 e. The number of nitrogens with zero attached hydrogens (tertiary/aromatic N) is 2. The molecule has 1 aliphatic carbocycles. The lowest BCUT2D eigenvalue weighted by Crippen LogP contribution is -2.52. The van der Waals surface area contributed by atoms with Gasteiger partial charge in [-0.05, 0) is 37.7 Å². The lowest BCUT2D eigenvalue weighted by Gasteiger charge is -2.34. The maximum atomic E-state index is 12.6. The zero-order valence-electron chi connectivity index (χ0n) is 15.8. The van der Waals surface area contributed by atoms with Crippen LogP contribution in [-0.2, 0) is 24.1 Å². The van der Waals surface area contributed by atoms with Crippen LogP contribution < -0.4 is 10.9 Å². The first kappa shape index (κ1) is 20.3. The molecular weight excluding hydrogens is 384 g/mol. The van der Waals surface area contributed by atoms with Crippen LogP contribution in [0.5, 0.6) is 0 Å². The van der Waals surface area contributed by atoms with E-state index in [1.807, 2.05) is 4.90 Å². The molecule has 2 aromatic rings. The molecular formula is C19H27ClN4O2S. The van der Waals surface area contributed by atoms with Crippen molar-refractivity contribution in [1.29, 1.82) is 0 Å². The van der Waals surface area contributed by atoms with Gasteiger partial charge in [0.2, 0.25) is 5.91 Å². The van der Waals surface area contributed by atoms with Crippen molar-refractivity contribution >= 4 is 39.9 Å². The van der Waals surface area contributed by atoms with Gasteiger partial charge in [0.1, 0.15) is 10.7 Å². The molecule has 4 rings (SSSR count). The number of carbonyl (C=O) groups is 1. The SMILES string of the molecule is CC1CCc2c(sc3nc(CCC(=O)N4CCNC[C@@H]4C)[nH]c(=O)c23)C1.Cl. The molecule has 1 amide bonds. The van der Waals surface area contributed by atoms with Crippen LogP contribution in [0.3, 0.4) is 0 Å². The molecule has 1 aliphatic heterocycles. The number of fused-ring (bicyclic) bond motifs is 3. The summed E-state index contributed by atoms with van der Waals surface area (Å²) >= 11 is 1.66. The first-order valence-electron chi connectivity index (χ1n) is 9.56. The Bertz CT molecular complexity index is 894. The number of aryl methyl sites for hydroxylation is 2. The second-order valence-corrected chi connectivity index (χ2v) is 8.77. The van der Waals surface area contributed by atoms with Gasteiger partial charge < -0.3 is 15.2 Å². The molecule has 2 N–H and O–H groups in total. The zero-order chi connectivity index (χ0) is 18.3. The van der Waals surface area contributed by atoms with Gasteiger partial charge in [0, 0.05) is 43.4 Å². The summed E-state index contributed by atoms with van der Waals surface area (Å²) in [5.74, 6) is 1.44. The maximum absolute atomic E-state index is 12.6. The van der Waals surface area contributed by atoms with Gasteiger partial charge in [0.25, 0.3) is 5.56 Å². The average molecular weight is 411 g/mol. The molecule has 0 radical (unpaired) electrons. The van der Waals surface area contributed by atoms with E-state index in [1.54, 1.807) is 11.3 Å². The number of halogens is 1. The summed E-state index contributed by atoms with van der Waals surface area (Å²) in [7, 11) is 0. The quantitative estimate of drug-likeness (QED) is 0.813. The van der Waals surface area contributed by atoms with E-state index in [1.165, 1.54) is 10.4 Å². The molecule has 27 heavy (non-hydrogen) atoms. The van der Waals surface area contributed by atoms with Gasteiger partial charge >= 0.3 is 0 Å². The van der Waals surface area contributed by atoms with Crippen LogP contribution in [-0.4, -0.2) is 46.5 Å². The first-order chi connectivity index (χ1) is 12.5. The number of aromatic nitrogens is 2. The second kappa shape index (κ2) is 8.29. The number of aromatic amines is 1. The third-order valence-corrected chi connectivity index (χ3v) is 6.76. The highest BCUT2D eigenvalue weighted by atomic mass is 35.5. The van der Waals surface area contributed by atoms with E-state index in [9.17, 15) is 9.59 Å². The Kier molecular flexibility index (Phi) is 6.23. The van der Waals surface area contributed by atoms with Crippen LogP contribution in [0.2, 0.25) is 0 Å². The highest BCUT2D eigenvalue weighted by molar-refractivity contribution is 7.18. The Hall–Kier alpha value is -1.44. The molecule has 2 aromatic heterocycles. The van der Waals surface area contributed by atoms with Gasteiger partial charge in [-0.1, -0.05) is 6.92 Å². The molecule has 6 nitrogen and oxygen atoms in total. The fraction of sp³-hybridized carbons (Fsp3) is 0.632. The van der Waals surface area contributed by atoms with Crippen LogP contribution >= 0.6 is 23.7 Å². The van der Waals surface area contributed by atoms with E-state index in [-0.39, 0.29) is 29.9 Å². The molecule has 3 heterocycles. The molecule has 2 aliphatic rings. The van der Waals surface area contributed by atoms with Crippen molar-refractivity contribution in [1.82, 2.24) is 20.2 Å². The second-order valence-electron chi connectivity index (χ2n) is 7.68. The van der Waals surface area contributed by atoms with Crippen LogP contribution in [0, 0.1) is 5.92 Å². The minimum atomic E-state index is -0.0416. The molecule has 2 atom stereocenters. The molecule has 0 aromatic carbocycles. The summed E-state index contributed by atoms with van der Waals surface area (Å²) < 4.78 is 0. The molecule has 1 fully saturated rings. The van der Waals surface area contributed by atoms with Crippen molar-refractivity contribution in [3.63, 3.8) is 0 Å². The minimum Gasteiger partial charge on any atom is -0.337 e. The Morgan fingerprint density at radius 3 is 2.96 bits per heavy atom. The van der Waals surface area contributed by atoms with Gasteiger partial charge in [-0.25, -0.2) is 4.98 Å². The summed E-state index contributed by atoms with van der Waals surface area (Å²) in [6.07, 6.45) is 4.03. The largest absolute Gasteiger partial charge is 0.337 e. The third kappa shape index (κ3) is 4.05. The number of amides is 1. The number of thiophene rings is 1. The topological polar surface area (TPSA) is 78.1 Å². The van der Waals surface area contributed by atoms with E-state index in [0.717, 1.165) is 49.1 Å². The van der Waals surface area contributed by atoms with E-state index in [0.29, 0.717) is 24.6 Å². The van der Waals surface area contributed by atoms with Crippen molar-refractivity contribution in [3.05, 3.63) is 26.6 Å². The predicted octanol–water partition coefficient (Wildman–Crippen LogP) is 2.28. The monoisotopic (exact) mass is 410 g/mol. The van der Waals surface area contributed by atoms with E-state index >= 15 is 0 Å². The van der Waals surface area contributed by atoms with E-state index < -0.39 is 0 Å². The summed E-state index contributed by atoms with van der Waals surface area (Å²) in [5, 5.41) is 4.08. The van der Waals surface area contributed by atoms with Crippen LogP contribution in [0.25, 0.3) is 10.2 Å². The molecule has 1 saturated heterocycles. The summed E-state index contributed by atoms with van der Waals surface area (Å²) in [4.78, 5) is 36.8. The summed E-state index contributed by atoms with van der Waals surface area (Å²) in [6, 6.07) is 0.219. The number of rotatable bonds is 3. The number of H-pyrrole nitrogens is 1. The van der Waals surface area contributed by atoms with Crippen molar-refractivity contribution in [2.45, 2.75) is 52.0 Å². The lowest BCUT2D eigenvalue weighted by atomic mass is 9.89.